The monoisotopic (exact) mass is 183 g/mol. The van der Waals surface area contributed by atoms with E-state index in [0.717, 1.165) is 12.8 Å². The van der Waals surface area contributed by atoms with Gasteiger partial charge < -0.3 is 4.74 Å². The number of nitrogens with zero attached hydrogens (tertiary/aromatic N) is 1. The lowest BCUT2D eigenvalue weighted by molar-refractivity contribution is -0.143. The van der Waals surface area contributed by atoms with Gasteiger partial charge in [-0.15, -0.1) is 0 Å². The molecule has 2 rings (SSSR count). The Morgan fingerprint density at radius 1 is 1.23 bits per heavy atom. The highest BCUT2D eigenvalue weighted by atomic mass is 16.5. The molecule has 0 N–H and O–H groups in total. The molecule has 0 amide bonds. The van der Waals surface area contributed by atoms with Gasteiger partial charge in [-0.2, -0.15) is 0 Å². The Labute approximate surface area is 79.0 Å². The third-order valence-electron chi connectivity index (χ3n) is 3.00. The number of cyclic esters (lactones) is 1. The molecule has 0 saturated carbocycles. The van der Waals surface area contributed by atoms with Crippen LogP contribution in [0.4, 0.5) is 0 Å². The number of hydrogen-bond donors (Lipinski definition) is 0. The van der Waals surface area contributed by atoms with Gasteiger partial charge in [0.2, 0.25) is 0 Å². The van der Waals surface area contributed by atoms with Gasteiger partial charge >= 0.3 is 5.97 Å². The van der Waals surface area contributed by atoms with Crippen LogP contribution in [0.2, 0.25) is 0 Å². The van der Waals surface area contributed by atoms with Gasteiger partial charge in [0.15, 0.2) is 0 Å². The second-order valence-corrected chi connectivity index (χ2v) is 3.96. The summed E-state index contributed by atoms with van der Waals surface area (Å²) in [6.07, 6.45) is 5.37. The summed E-state index contributed by atoms with van der Waals surface area (Å²) >= 11 is 0. The Bertz CT molecular complexity index is 187. The molecule has 2 aliphatic heterocycles. The molecule has 74 valence electrons. The first kappa shape index (κ1) is 9.00. The van der Waals surface area contributed by atoms with E-state index in [1.165, 1.54) is 25.9 Å². The maximum absolute atomic E-state index is 11.2. The second-order valence-electron chi connectivity index (χ2n) is 3.96. The fourth-order valence-corrected chi connectivity index (χ4v) is 2.28. The Hall–Kier alpha value is -0.570. The summed E-state index contributed by atoms with van der Waals surface area (Å²) in [5, 5.41) is 0. The lowest BCUT2D eigenvalue weighted by atomic mass is 10.1. The maximum atomic E-state index is 11.2. The number of carbonyl (C=O) groups is 1. The number of ether oxygens (including phenoxy) is 1. The van der Waals surface area contributed by atoms with Crippen molar-refractivity contribution in [1.82, 2.24) is 4.90 Å². The molecule has 1 unspecified atom stereocenters. The normalized spacial score (nSPS) is 31.4. The van der Waals surface area contributed by atoms with Crippen LogP contribution in [0.3, 0.4) is 0 Å². The smallest absolute Gasteiger partial charge is 0.307 e. The maximum Gasteiger partial charge on any atom is 0.307 e. The molecule has 0 spiro atoms. The van der Waals surface area contributed by atoms with Crippen LogP contribution >= 0.6 is 0 Å². The van der Waals surface area contributed by atoms with Gasteiger partial charge in [-0.05, 0) is 38.8 Å². The summed E-state index contributed by atoms with van der Waals surface area (Å²) < 4.78 is 5.03. The number of carbonyl (C=O) groups excluding carboxylic acids is 1. The first-order valence-corrected chi connectivity index (χ1v) is 5.26. The SMILES string of the molecule is O=C1CC(N2CCCC2)CCCO1. The number of rotatable bonds is 1. The summed E-state index contributed by atoms with van der Waals surface area (Å²) in [5.41, 5.74) is 0. The van der Waals surface area contributed by atoms with Crippen molar-refractivity contribution in [1.29, 1.82) is 0 Å². The third kappa shape index (κ3) is 2.21. The van der Waals surface area contributed by atoms with Crippen LogP contribution in [0.25, 0.3) is 0 Å². The van der Waals surface area contributed by atoms with Gasteiger partial charge in [-0.25, -0.2) is 0 Å². The Morgan fingerprint density at radius 2 is 2.00 bits per heavy atom. The van der Waals surface area contributed by atoms with Crippen LogP contribution in [0.5, 0.6) is 0 Å². The van der Waals surface area contributed by atoms with Crippen molar-refractivity contribution in [3.63, 3.8) is 0 Å². The first-order valence-electron chi connectivity index (χ1n) is 5.26. The molecule has 3 nitrogen and oxygen atoms in total. The van der Waals surface area contributed by atoms with Gasteiger partial charge in [0.1, 0.15) is 0 Å². The average Bonchev–Trinajstić information content (AvgIpc) is 2.56. The predicted molar refractivity (Wildman–Crippen MR) is 49.4 cm³/mol. The minimum Gasteiger partial charge on any atom is -0.466 e. The molecule has 2 aliphatic rings. The lowest BCUT2D eigenvalue weighted by Gasteiger charge is -2.24. The van der Waals surface area contributed by atoms with Crippen molar-refractivity contribution in [3.8, 4) is 0 Å². The van der Waals surface area contributed by atoms with E-state index >= 15 is 0 Å². The van der Waals surface area contributed by atoms with Crippen LogP contribution < -0.4 is 0 Å². The lowest BCUT2D eigenvalue weighted by Crippen LogP contribution is -2.33. The van der Waals surface area contributed by atoms with Crippen molar-refractivity contribution in [2.75, 3.05) is 19.7 Å². The predicted octanol–water partition coefficient (Wildman–Crippen LogP) is 1.18. The van der Waals surface area contributed by atoms with E-state index in [1.54, 1.807) is 0 Å². The molecule has 0 aliphatic carbocycles. The summed E-state index contributed by atoms with van der Waals surface area (Å²) in [4.78, 5) is 13.7. The van der Waals surface area contributed by atoms with E-state index in [9.17, 15) is 4.79 Å². The highest BCUT2D eigenvalue weighted by Crippen LogP contribution is 2.20. The molecule has 2 fully saturated rings. The largest absolute Gasteiger partial charge is 0.466 e. The van der Waals surface area contributed by atoms with E-state index in [-0.39, 0.29) is 5.97 Å². The Morgan fingerprint density at radius 3 is 2.77 bits per heavy atom. The molecule has 2 heterocycles. The van der Waals surface area contributed by atoms with Crippen molar-refractivity contribution >= 4 is 5.97 Å². The van der Waals surface area contributed by atoms with Gasteiger partial charge in [0.25, 0.3) is 0 Å². The fraction of sp³-hybridized carbons (Fsp3) is 0.900. The highest BCUT2D eigenvalue weighted by Gasteiger charge is 2.26. The Balaban J connectivity index is 1.92. The molecule has 0 aromatic carbocycles. The average molecular weight is 183 g/mol. The Kier molecular flexibility index (Phi) is 2.83. The molecule has 0 aromatic rings. The molecule has 3 heteroatoms. The van der Waals surface area contributed by atoms with E-state index in [1.807, 2.05) is 0 Å². The third-order valence-corrected chi connectivity index (χ3v) is 3.00. The van der Waals surface area contributed by atoms with E-state index in [0.29, 0.717) is 19.1 Å². The zero-order chi connectivity index (χ0) is 9.10. The zero-order valence-corrected chi connectivity index (χ0v) is 8.00. The fourth-order valence-electron chi connectivity index (χ4n) is 2.28. The number of esters is 1. The summed E-state index contributed by atoms with van der Waals surface area (Å²) in [6.45, 7) is 2.99. The first-order chi connectivity index (χ1) is 6.36. The molecule has 2 saturated heterocycles. The van der Waals surface area contributed by atoms with Crippen LogP contribution in [-0.4, -0.2) is 36.6 Å². The summed E-state index contributed by atoms with van der Waals surface area (Å²) in [5.74, 6) is -0.00519. The standard InChI is InChI=1S/C10H17NO2/c12-10-8-9(4-3-7-13-10)11-5-1-2-6-11/h9H,1-8H2. The minimum absolute atomic E-state index is 0.00519. The number of likely N-dealkylation sites (tertiary alicyclic amines) is 1. The molecule has 0 bridgehead atoms. The molecular weight excluding hydrogens is 166 g/mol. The van der Waals surface area contributed by atoms with Crippen LogP contribution in [0.1, 0.15) is 32.1 Å². The molecule has 1 atom stereocenters. The van der Waals surface area contributed by atoms with Crippen molar-refractivity contribution in [2.24, 2.45) is 0 Å². The molecule has 0 aromatic heterocycles. The van der Waals surface area contributed by atoms with Crippen LogP contribution in [0, 0.1) is 0 Å². The highest BCUT2D eigenvalue weighted by molar-refractivity contribution is 5.70. The molecule has 13 heavy (non-hydrogen) atoms. The topological polar surface area (TPSA) is 29.5 Å². The van der Waals surface area contributed by atoms with Crippen molar-refractivity contribution in [2.45, 2.75) is 38.1 Å². The van der Waals surface area contributed by atoms with Gasteiger partial charge in [0, 0.05) is 6.04 Å². The number of hydrogen-bond acceptors (Lipinski definition) is 3. The zero-order valence-electron chi connectivity index (χ0n) is 8.00. The van der Waals surface area contributed by atoms with Crippen molar-refractivity contribution < 1.29 is 9.53 Å². The minimum atomic E-state index is -0.00519. The van der Waals surface area contributed by atoms with E-state index in [2.05, 4.69) is 4.90 Å². The quantitative estimate of drug-likeness (QED) is 0.572. The summed E-state index contributed by atoms with van der Waals surface area (Å²) in [7, 11) is 0. The second kappa shape index (κ2) is 4.09. The van der Waals surface area contributed by atoms with Gasteiger partial charge in [-0.1, -0.05) is 0 Å². The van der Waals surface area contributed by atoms with Gasteiger partial charge in [0.05, 0.1) is 13.0 Å². The van der Waals surface area contributed by atoms with E-state index in [4.69, 9.17) is 4.74 Å². The molecular formula is C10H17NO2. The summed E-state index contributed by atoms with van der Waals surface area (Å²) in [6, 6.07) is 0.470. The van der Waals surface area contributed by atoms with E-state index < -0.39 is 0 Å². The van der Waals surface area contributed by atoms with Crippen LogP contribution in [-0.2, 0) is 9.53 Å². The van der Waals surface area contributed by atoms with Crippen molar-refractivity contribution in [3.05, 3.63) is 0 Å². The van der Waals surface area contributed by atoms with Gasteiger partial charge in [-0.3, -0.25) is 9.69 Å². The van der Waals surface area contributed by atoms with Crippen LogP contribution in [0.15, 0.2) is 0 Å². The molecule has 0 radical (unpaired) electrons.